The molecular formula is C15H21NO4. The molecule has 5 heteroatoms. The molecule has 0 radical (unpaired) electrons. The Hall–Kier alpha value is -1.14. The molecule has 0 aliphatic carbocycles. The van der Waals surface area contributed by atoms with Gasteiger partial charge in [0, 0.05) is 13.0 Å². The van der Waals surface area contributed by atoms with Crippen molar-refractivity contribution in [1.82, 2.24) is 5.32 Å². The summed E-state index contributed by atoms with van der Waals surface area (Å²) in [6, 6.07) is 9.77. The molecule has 0 bridgehead atoms. The Labute approximate surface area is 119 Å². The fourth-order valence-corrected chi connectivity index (χ4v) is 2.79. The van der Waals surface area contributed by atoms with Gasteiger partial charge in [-0.25, -0.2) is 0 Å². The van der Waals surface area contributed by atoms with E-state index in [9.17, 15) is 0 Å². The van der Waals surface area contributed by atoms with Crippen molar-refractivity contribution in [1.29, 1.82) is 0 Å². The molecule has 2 saturated heterocycles. The maximum atomic E-state index is 5.92. The molecule has 2 fully saturated rings. The van der Waals surface area contributed by atoms with Crippen molar-refractivity contribution in [2.75, 3.05) is 33.0 Å². The molecule has 20 heavy (non-hydrogen) atoms. The van der Waals surface area contributed by atoms with E-state index >= 15 is 0 Å². The smallest absolute Gasteiger partial charge is 0.209 e. The van der Waals surface area contributed by atoms with Crippen LogP contribution in [0.4, 0.5) is 0 Å². The lowest BCUT2D eigenvalue weighted by Crippen LogP contribution is -2.61. The lowest BCUT2D eigenvalue weighted by molar-refractivity contribution is -0.272. The van der Waals surface area contributed by atoms with Crippen molar-refractivity contribution < 1.29 is 18.9 Å². The second kappa shape index (κ2) is 5.69. The van der Waals surface area contributed by atoms with E-state index in [0.29, 0.717) is 32.8 Å². The third-order valence-electron chi connectivity index (χ3n) is 3.90. The second-order valence-electron chi connectivity index (χ2n) is 5.16. The minimum atomic E-state index is -0.746. The quantitative estimate of drug-likeness (QED) is 0.886. The van der Waals surface area contributed by atoms with Crippen molar-refractivity contribution >= 4 is 0 Å². The summed E-state index contributed by atoms with van der Waals surface area (Å²) in [7, 11) is 0. The van der Waals surface area contributed by atoms with Crippen molar-refractivity contribution in [3.63, 3.8) is 0 Å². The number of rotatable bonds is 5. The highest BCUT2D eigenvalue weighted by Gasteiger charge is 2.55. The van der Waals surface area contributed by atoms with Gasteiger partial charge in [0.2, 0.25) is 5.79 Å². The van der Waals surface area contributed by atoms with Crippen LogP contribution < -0.4 is 10.1 Å². The van der Waals surface area contributed by atoms with Gasteiger partial charge in [0.1, 0.15) is 5.75 Å². The molecule has 1 atom stereocenters. The topological polar surface area (TPSA) is 49.0 Å². The molecule has 0 aromatic heterocycles. The average molecular weight is 279 g/mol. The number of hydrogen-bond acceptors (Lipinski definition) is 5. The standard InChI is InChI=1S/C15H21NO4/c1-14(18-11-12-19-14)15(16-8-10-20-15)7-9-17-13-5-3-2-4-6-13/h2-6,16H,7-12H2,1H3. The minimum absolute atomic E-state index is 0.541. The zero-order chi connectivity index (χ0) is 13.9. The Morgan fingerprint density at radius 1 is 1.10 bits per heavy atom. The Balaban J connectivity index is 1.63. The zero-order valence-corrected chi connectivity index (χ0v) is 11.8. The molecule has 5 nitrogen and oxygen atoms in total. The van der Waals surface area contributed by atoms with Gasteiger partial charge in [0.15, 0.2) is 5.72 Å². The largest absolute Gasteiger partial charge is 0.493 e. The zero-order valence-electron chi connectivity index (χ0n) is 11.8. The molecule has 1 aromatic rings. The molecule has 0 amide bonds. The third kappa shape index (κ3) is 2.54. The summed E-state index contributed by atoms with van der Waals surface area (Å²) in [5, 5.41) is 3.39. The number of ether oxygens (including phenoxy) is 4. The fraction of sp³-hybridized carbons (Fsp3) is 0.600. The SMILES string of the molecule is CC1(C2(CCOc3ccccc3)NCCO2)OCCO1. The van der Waals surface area contributed by atoms with Gasteiger partial charge < -0.3 is 18.9 Å². The van der Waals surface area contributed by atoms with E-state index in [-0.39, 0.29) is 0 Å². The average Bonchev–Trinajstić information content (AvgIpc) is 3.11. The van der Waals surface area contributed by atoms with E-state index in [1.807, 2.05) is 37.3 Å². The first kappa shape index (κ1) is 13.8. The number of nitrogens with one attached hydrogen (secondary N) is 1. The van der Waals surface area contributed by atoms with Crippen LogP contribution in [0.3, 0.4) is 0 Å². The van der Waals surface area contributed by atoms with Crippen LogP contribution >= 0.6 is 0 Å². The maximum absolute atomic E-state index is 5.92. The van der Waals surface area contributed by atoms with Gasteiger partial charge in [-0.05, 0) is 19.1 Å². The summed E-state index contributed by atoms with van der Waals surface area (Å²) in [5.74, 6) is 0.114. The van der Waals surface area contributed by atoms with Gasteiger partial charge in [0.25, 0.3) is 0 Å². The summed E-state index contributed by atoms with van der Waals surface area (Å²) in [6.07, 6.45) is 0.665. The predicted octanol–water partition coefficient (Wildman–Crippen LogP) is 1.53. The monoisotopic (exact) mass is 279 g/mol. The first-order valence-electron chi connectivity index (χ1n) is 7.09. The Morgan fingerprint density at radius 2 is 1.85 bits per heavy atom. The van der Waals surface area contributed by atoms with E-state index in [2.05, 4.69) is 5.32 Å². The number of hydrogen-bond donors (Lipinski definition) is 1. The van der Waals surface area contributed by atoms with Crippen LogP contribution in [0.5, 0.6) is 5.75 Å². The van der Waals surface area contributed by atoms with Crippen LogP contribution in [-0.4, -0.2) is 44.5 Å². The van der Waals surface area contributed by atoms with Gasteiger partial charge in [-0.15, -0.1) is 0 Å². The molecule has 1 unspecified atom stereocenters. The Morgan fingerprint density at radius 3 is 2.50 bits per heavy atom. The fourth-order valence-electron chi connectivity index (χ4n) is 2.79. The van der Waals surface area contributed by atoms with Crippen molar-refractivity contribution in [3.8, 4) is 5.75 Å². The van der Waals surface area contributed by atoms with Crippen molar-refractivity contribution in [2.45, 2.75) is 24.9 Å². The van der Waals surface area contributed by atoms with Gasteiger partial charge in [-0.3, -0.25) is 5.32 Å². The van der Waals surface area contributed by atoms with Crippen LogP contribution in [0.2, 0.25) is 0 Å². The molecule has 2 aliphatic rings. The molecule has 2 aliphatic heterocycles. The normalized spacial score (nSPS) is 28.6. The van der Waals surface area contributed by atoms with Crippen LogP contribution in [0.25, 0.3) is 0 Å². The molecule has 0 spiro atoms. The molecule has 0 saturated carbocycles. The van der Waals surface area contributed by atoms with E-state index in [4.69, 9.17) is 18.9 Å². The van der Waals surface area contributed by atoms with E-state index in [1.54, 1.807) is 0 Å². The summed E-state index contributed by atoms with van der Waals surface area (Å²) in [6.45, 7) is 5.13. The molecule has 1 N–H and O–H groups in total. The molecule has 3 rings (SSSR count). The van der Waals surface area contributed by atoms with E-state index in [0.717, 1.165) is 12.3 Å². The highest BCUT2D eigenvalue weighted by molar-refractivity contribution is 5.20. The maximum Gasteiger partial charge on any atom is 0.209 e. The van der Waals surface area contributed by atoms with E-state index < -0.39 is 11.5 Å². The molecule has 2 heterocycles. The summed E-state index contributed by atoms with van der Waals surface area (Å²) in [4.78, 5) is 0. The number of benzene rings is 1. The van der Waals surface area contributed by atoms with Gasteiger partial charge in [0.05, 0.1) is 26.4 Å². The van der Waals surface area contributed by atoms with Crippen LogP contribution in [0.1, 0.15) is 13.3 Å². The van der Waals surface area contributed by atoms with Gasteiger partial charge in [-0.1, -0.05) is 18.2 Å². The van der Waals surface area contributed by atoms with Gasteiger partial charge in [-0.2, -0.15) is 0 Å². The summed E-state index contributed by atoms with van der Waals surface area (Å²) < 4.78 is 23.2. The van der Waals surface area contributed by atoms with Gasteiger partial charge >= 0.3 is 0 Å². The third-order valence-corrected chi connectivity index (χ3v) is 3.90. The number of para-hydroxylation sites is 1. The first-order chi connectivity index (χ1) is 9.74. The molecule has 110 valence electrons. The second-order valence-corrected chi connectivity index (χ2v) is 5.16. The van der Waals surface area contributed by atoms with Crippen molar-refractivity contribution in [2.24, 2.45) is 0 Å². The lowest BCUT2D eigenvalue weighted by Gasteiger charge is -2.40. The highest BCUT2D eigenvalue weighted by Crippen LogP contribution is 2.37. The molecular weight excluding hydrogens is 258 g/mol. The van der Waals surface area contributed by atoms with Crippen LogP contribution in [0, 0.1) is 0 Å². The minimum Gasteiger partial charge on any atom is -0.493 e. The summed E-state index contributed by atoms with van der Waals surface area (Å²) >= 11 is 0. The first-order valence-corrected chi connectivity index (χ1v) is 7.09. The van der Waals surface area contributed by atoms with Crippen molar-refractivity contribution in [3.05, 3.63) is 30.3 Å². The molecule has 1 aromatic carbocycles. The predicted molar refractivity (Wildman–Crippen MR) is 73.5 cm³/mol. The van der Waals surface area contributed by atoms with Crippen LogP contribution in [0.15, 0.2) is 30.3 Å². The Bertz CT molecular complexity index is 425. The highest BCUT2D eigenvalue weighted by atomic mass is 16.8. The van der Waals surface area contributed by atoms with Crippen LogP contribution in [-0.2, 0) is 14.2 Å². The van der Waals surface area contributed by atoms with E-state index in [1.165, 1.54) is 0 Å². The Kier molecular flexibility index (Phi) is 3.94. The summed E-state index contributed by atoms with van der Waals surface area (Å²) in [5.41, 5.74) is -0.627. The lowest BCUT2D eigenvalue weighted by atomic mass is 10.0.